The number of aromatic nitrogens is 2. The van der Waals surface area contributed by atoms with Gasteiger partial charge in [-0.1, -0.05) is 25.0 Å². The maximum absolute atomic E-state index is 4.54. The molecular weight excluding hydrogens is 222 g/mol. The molecule has 0 amide bonds. The van der Waals surface area contributed by atoms with Crippen LogP contribution in [0.2, 0.25) is 0 Å². The number of rotatable bonds is 4. The Morgan fingerprint density at radius 1 is 1.22 bits per heavy atom. The fraction of sp³-hybridized carbons (Fsp3) is 0.600. The van der Waals surface area contributed by atoms with Gasteiger partial charge in [-0.15, -0.1) is 0 Å². The van der Waals surface area contributed by atoms with Gasteiger partial charge in [0.1, 0.15) is 0 Å². The van der Waals surface area contributed by atoms with E-state index in [2.05, 4.69) is 28.3 Å². The minimum Gasteiger partial charge on any atom is -0.305 e. The molecule has 18 heavy (non-hydrogen) atoms. The summed E-state index contributed by atoms with van der Waals surface area (Å²) >= 11 is 0. The van der Waals surface area contributed by atoms with E-state index >= 15 is 0 Å². The summed E-state index contributed by atoms with van der Waals surface area (Å²) in [7, 11) is 0. The van der Waals surface area contributed by atoms with Crippen LogP contribution < -0.4 is 5.32 Å². The molecule has 3 heteroatoms. The maximum atomic E-state index is 4.54. The first-order chi connectivity index (χ1) is 8.81. The average molecular weight is 245 g/mol. The molecule has 1 aliphatic carbocycles. The molecule has 0 bridgehead atoms. The van der Waals surface area contributed by atoms with Crippen LogP contribution in [0.1, 0.15) is 56.5 Å². The van der Waals surface area contributed by atoms with Gasteiger partial charge in [0, 0.05) is 6.20 Å². The molecule has 0 saturated heterocycles. The van der Waals surface area contributed by atoms with Crippen molar-refractivity contribution in [3.05, 3.63) is 35.4 Å². The number of hydrogen-bond acceptors (Lipinski definition) is 3. The molecule has 0 fully saturated rings. The number of allylic oxidation sites excluding steroid dienone is 1. The Labute approximate surface area is 110 Å². The van der Waals surface area contributed by atoms with Crippen LogP contribution in [0.5, 0.6) is 0 Å². The summed E-state index contributed by atoms with van der Waals surface area (Å²) in [6.45, 7) is 5.08. The lowest BCUT2D eigenvalue weighted by Gasteiger charge is -2.20. The van der Waals surface area contributed by atoms with Gasteiger partial charge in [0.2, 0.25) is 0 Å². The van der Waals surface area contributed by atoms with Crippen molar-refractivity contribution in [1.29, 1.82) is 0 Å². The molecule has 1 N–H and O–H groups in total. The van der Waals surface area contributed by atoms with Crippen LogP contribution in [0.15, 0.2) is 24.0 Å². The van der Waals surface area contributed by atoms with Gasteiger partial charge in [0.25, 0.3) is 0 Å². The third-order valence-corrected chi connectivity index (χ3v) is 3.45. The Balaban J connectivity index is 2.21. The van der Waals surface area contributed by atoms with E-state index in [4.69, 9.17) is 0 Å². The van der Waals surface area contributed by atoms with E-state index in [9.17, 15) is 0 Å². The van der Waals surface area contributed by atoms with Crippen molar-refractivity contribution in [2.75, 3.05) is 6.54 Å². The Bertz CT molecular complexity index is 395. The lowest BCUT2D eigenvalue weighted by molar-refractivity contribution is 0.575. The summed E-state index contributed by atoms with van der Waals surface area (Å²) in [6, 6.07) is 0.251. The van der Waals surface area contributed by atoms with Crippen molar-refractivity contribution >= 4 is 0 Å². The van der Waals surface area contributed by atoms with Crippen LogP contribution in [-0.2, 0) is 0 Å². The summed E-state index contributed by atoms with van der Waals surface area (Å²) < 4.78 is 0. The van der Waals surface area contributed by atoms with Crippen LogP contribution in [0.4, 0.5) is 0 Å². The zero-order chi connectivity index (χ0) is 12.8. The van der Waals surface area contributed by atoms with Crippen LogP contribution in [0.25, 0.3) is 0 Å². The first-order valence-electron chi connectivity index (χ1n) is 7.02. The smallest absolute Gasteiger partial charge is 0.0798 e. The van der Waals surface area contributed by atoms with Crippen molar-refractivity contribution in [1.82, 2.24) is 15.3 Å². The fourth-order valence-corrected chi connectivity index (χ4v) is 2.48. The van der Waals surface area contributed by atoms with Crippen molar-refractivity contribution in [3.63, 3.8) is 0 Å². The van der Waals surface area contributed by atoms with Gasteiger partial charge in [-0.05, 0) is 39.2 Å². The number of likely N-dealkylation sites (N-methyl/N-ethyl adjacent to an activating group) is 1. The zero-order valence-corrected chi connectivity index (χ0v) is 11.4. The largest absolute Gasteiger partial charge is 0.305 e. The lowest BCUT2D eigenvalue weighted by atomic mass is 9.99. The van der Waals surface area contributed by atoms with E-state index in [-0.39, 0.29) is 6.04 Å². The van der Waals surface area contributed by atoms with Gasteiger partial charge < -0.3 is 5.32 Å². The standard InChI is InChI=1S/C15H23N3/c1-3-16-15(13-8-6-4-5-7-9-13)14-11-17-12(2)10-18-14/h8,10-11,15-16H,3-7,9H2,1-2H3. The van der Waals surface area contributed by atoms with Crippen molar-refractivity contribution < 1.29 is 0 Å². The predicted molar refractivity (Wildman–Crippen MR) is 74.4 cm³/mol. The Morgan fingerprint density at radius 3 is 2.83 bits per heavy atom. The zero-order valence-electron chi connectivity index (χ0n) is 11.4. The van der Waals surface area contributed by atoms with Gasteiger partial charge in [-0.3, -0.25) is 9.97 Å². The number of nitrogens with zero attached hydrogens (tertiary/aromatic N) is 2. The van der Waals surface area contributed by atoms with E-state index in [1.807, 2.05) is 19.3 Å². The van der Waals surface area contributed by atoms with E-state index < -0.39 is 0 Å². The molecular formula is C15H23N3. The van der Waals surface area contributed by atoms with Gasteiger partial charge in [0.15, 0.2) is 0 Å². The summed E-state index contributed by atoms with van der Waals surface area (Å²) in [4.78, 5) is 8.91. The molecule has 0 saturated carbocycles. The predicted octanol–water partition coefficient (Wildman–Crippen LogP) is 3.33. The minimum absolute atomic E-state index is 0.251. The van der Waals surface area contributed by atoms with E-state index in [0.717, 1.165) is 17.9 Å². The Kier molecular flexibility index (Phi) is 4.88. The van der Waals surface area contributed by atoms with Crippen LogP contribution in [0, 0.1) is 6.92 Å². The molecule has 1 aliphatic rings. The summed E-state index contributed by atoms with van der Waals surface area (Å²) in [5.74, 6) is 0. The highest BCUT2D eigenvalue weighted by molar-refractivity contribution is 5.21. The van der Waals surface area contributed by atoms with E-state index in [1.54, 1.807) is 0 Å². The first kappa shape index (κ1) is 13.2. The van der Waals surface area contributed by atoms with Gasteiger partial charge in [-0.2, -0.15) is 0 Å². The van der Waals surface area contributed by atoms with Gasteiger partial charge in [-0.25, -0.2) is 0 Å². The normalized spacial score (nSPS) is 18.0. The quantitative estimate of drug-likeness (QED) is 0.827. The summed E-state index contributed by atoms with van der Waals surface area (Å²) in [6.07, 6.45) is 12.5. The van der Waals surface area contributed by atoms with Gasteiger partial charge >= 0.3 is 0 Å². The third kappa shape index (κ3) is 3.39. The molecule has 0 aliphatic heterocycles. The van der Waals surface area contributed by atoms with Crippen LogP contribution in [0.3, 0.4) is 0 Å². The molecule has 1 unspecified atom stereocenters. The molecule has 0 radical (unpaired) electrons. The van der Waals surface area contributed by atoms with Crippen molar-refractivity contribution in [2.45, 2.75) is 52.0 Å². The van der Waals surface area contributed by atoms with Crippen LogP contribution >= 0.6 is 0 Å². The van der Waals surface area contributed by atoms with Crippen LogP contribution in [-0.4, -0.2) is 16.5 Å². The molecule has 0 spiro atoms. The molecule has 1 atom stereocenters. The third-order valence-electron chi connectivity index (χ3n) is 3.45. The molecule has 0 aromatic carbocycles. The lowest BCUT2D eigenvalue weighted by Crippen LogP contribution is -2.24. The second kappa shape index (κ2) is 6.64. The SMILES string of the molecule is CCNC(C1=CCCCCC1)c1cnc(C)cn1. The number of aryl methyl sites for hydroxylation is 1. The highest BCUT2D eigenvalue weighted by Crippen LogP contribution is 2.27. The van der Waals surface area contributed by atoms with E-state index in [1.165, 1.54) is 37.7 Å². The summed E-state index contributed by atoms with van der Waals surface area (Å²) in [5.41, 5.74) is 3.52. The highest BCUT2D eigenvalue weighted by atomic mass is 14.9. The number of nitrogens with one attached hydrogen (secondary N) is 1. The highest BCUT2D eigenvalue weighted by Gasteiger charge is 2.18. The second-order valence-corrected chi connectivity index (χ2v) is 4.95. The van der Waals surface area contributed by atoms with E-state index in [0.29, 0.717) is 0 Å². The molecule has 1 heterocycles. The van der Waals surface area contributed by atoms with Crippen molar-refractivity contribution in [3.8, 4) is 0 Å². The molecule has 2 rings (SSSR count). The molecule has 98 valence electrons. The minimum atomic E-state index is 0.251. The second-order valence-electron chi connectivity index (χ2n) is 4.95. The Morgan fingerprint density at radius 2 is 2.11 bits per heavy atom. The Hall–Kier alpha value is -1.22. The van der Waals surface area contributed by atoms with Gasteiger partial charge in [0.05, 0.1) is 23.6 Å². The monoisotopic (exact) mass is 245 g/mol. The topological polar surface area (TPSA) is 37.8 Å². The first-order valence-corrected chi connectivity index (χ1v) is 7.02. The maximum Gasteiger partial charge on any atom is 0.0798 e. The molecule has 1 aromatic heterocycles. The fourth-order valence-electron chi connectivity index (χ4n) is 2.48. The summed E-state index contributed by atoms with van der Waals surface area (Å²) in [5, 5.41) is 3.55. The average Bonchev–Trinajstić information content (AvgIpc) is 2.66. The molecule has 3 nitrogen and oxygen atoms in total. The van der Waals surface area contributed by atoms with Crippen molar-refractivity contribution in [2.24, 2.45) is 0 Å². The molecule has 1 aromatic rings. The number of hydrogen-bond donors (Lipinski definition) is 1.